The lowest BCUT2D eigenvalue weighted by molar-refractivity contribution is 0.248. The fourth-order valence-electron chi connectivity index (χ4n) is 3.09. The zero-order valence-corrected chi connectivity index (χ0v) is 16.2. The quantitative estimate of drug-likeness (QED) is 0.700. The van der Waals surface area contributed by atoms with Crippen LogP contribution in [0.15, 0.2) is 42.9 Å². The van der Waals surface area contributed by atoms with Crippen molar-refractivity contribution in [2.75, 3.05) is 5.32 Å². The minimum atomic E-state index is -0.250. The molecule has 0 fully saturated rings. The van der Waals surface area contributed by atoms with Gasteiger partial charge in [0.2, 0.25) is 0 Å². The average Bonchev–Trinajstić information content (AvgIpc) is 3.20. The highest BCUT2D eigenvalue weighted by atomic mass is 16.2. The van der Waals surface area contributed by atoms with Gasteiger partial charge >= 0.3 is 6.03 Å². The number of hydrogen-bond acceptors (Lipinski definition) is 3. The van der Waals surface area contributed by atoms with E-state index in [-0.39, 0.29) is 12.1 Å². The summed E-state index contributed by atoms with van der Waals surface area (Å²) >= 11 is 0. The van der Waals surface area contributed by atoms with Crippen molar-refractivity contribution in [3.8, 4) is 0 Å². The third-order valence-corrected chi connectivity index (χ3v) is 4.51. The van der Waals surface area contributed by atoms with Crippen molar-refractivity contribution < 1.29 is 4.79 Å². The van der Waals surface area contributed by atoms with Gasteiger partial charge in [0.1, 0.15) is 5.82 Å². The molecule has 1 aromatic carbocycles. The highest BCUT2D eigenvalue weighted by Crippen LogP contribution is 2.18. The van der Waals surface area contributed by atoms with Crippen LogP contribution in [0.5, 0.6) is 0 Å². The predicted octanol–water partition coefficient (Wildman–Crippen LogP) is 3.55. The molecule has 2 heterocycles. The van der Waals surface area contributed by atoms with Crippen molar-refractivity contribution >= 4 is 11.8 Å². The van der Waals surface area contributed by atoms with Crippen LogP contribution in [-0.2, 0) is 13.6 Å². The number of amides is 2. The molecular formula is C20H26N6O. The second-order valence-corrected chi connectivity index (χ2v) is 6.83. The van der Waals surface area contributed by atoms with E-state index in [9.17, 15) is 4.79 Å². The standard InChI is InChI=1S/C20H26N6O/c1-5-18(17-11-21-25(4)13-17)23-20(27)24-19-15(3)10-22-26(19)12-16-8-6-7-14(2)9-16/h6-11,13,18H,5,12H2,1-4H3,(H2,23,24,27)/t18-/m0/s1. The van der Waals surface area contributed by atoms with Gasteiger partial charge in [0.05, 0.1) is 25.0 Å². The number of hydrogen-bond donors (Lipinski definition) is 2. The molecule has 0 unspecified atom stereocenters. The number of nitrogens with one attached hydrogen (secondary N) is 2. The maximum atomic E-state index is 12.6. The summed E-state index contributed by atoms with van der Waals surface area (Å²) in [5.74, 6) is 0.704. The van der Waals surface area contributed by atoms with E-state index in [2.05, 4.69) is 46.0 Å². The summed E-state index contributed by atoms with van der Waals surface area (Å²) in [7, 11) is 1.86. The van der Waals surface area contributed by atoms with Crippen LogP contribution in [0.3, 0.4) is 0 Å². The van der Waals surface area contributed by atoms with E-state index in [4.69, 9.17) is 0 Å². The van der Waals surface area contributed by atoms with E-state index < -0.39 is 0 Å². The first-order valence-electron chi connectivity index (χ1n) is 9.10. The first-order chi connectivity index (χ1) is 13.0. The maximum Gasteiger partial charge on any atom is 0.320 e. The smallest absolute Gasteiger partial charge is 0.320 e. The SMILES string of the molecule is CC[C@H](NC(=O)Nc1c(C)cnn1Cc1cccc(C)c1)c1cnn(C)c1. The lowest BCUT2D eigenvalue weighted by Crippen LogP contribution is -2.33. The highest BCUT2D eigenvalue weighted by Gasteiger charge is 2.17. The molecule has 142 valence electrons. The topological polar surface area (TPSA) is 76.8 Å². The number of carbonyl (C=O) groups excluding carboxylic acids is 1. The summed E-state index contributed by atoms with van der Waals surface area (Å²) in [5, 5.41) is 14.6. The summed E-state index contributed by atoms with van der Waals surface area (Å²) in [6, 6.07) is 7.93. The van der Waals surface area contributed by atoms with Gasteiger partial charge < -0.3 is 5.32 Å². The van der Waals surface area contributed by atoms with Gasteiger partial charge in [-0.2, -0.15) is 10.2 Å². The van der Waals surface area contributed by atoms with Crippen LogP contribution >= 0.6 is 0 Å². The Morgan fingerprint density at radius 2 is 2.04 bits per heavy atom. The van der Waals surface area contributed by atoms with Crippen molar-refractivity contribution in [2.24, 2.45) is 7.05 Å². The molecule has 0 aliphatic heterocycles. The first-order valence-corrected chi connectivity index (χ1v) is 9.10. The molecule has 3 aromatic rings. The zero-order valence-electron chi connectivity index (χ0n) is 16.2. The van der Waals surface area contributed by atoms with Gasteiger partial charge in [0.15, 0.2) is 0 Å². The van der Waals surface area contributed by atoms with Crippen molar-refractivity contribution in [2.45, 2.75) is 39.8 Å². The molecule has 0 saturated carbocycles. The lowest BCUT2D eigenvalue weighted by Gasteiger charge is -2.17. The van der Waals surface area contributed by atoms with Crippen molar-refractivity contribution in [1.82, 2.24) is 24.9 Å². The lowest BCUT2D eigenvalue weighted by atomic mass is 10.1. The van der Waals surface area contributed by atoms with Crippen LogP contribution in [0, 0.1) is 13.8 Å². The van der Waals surface area contributed by atoms with Crippen LogP contribution in [0.1, 0.15) is 41.6 Å². The summed E-state index contributed by atoms with van der Waals surface area (Å²) in [6.07, 6.45) is 6.24. The van der Waals surface area contributed by atoms with Crippen molar-refractivity contribution in [3.05, 3.63) is 65.1 Å². The predicted molar refractivity (Wildman–Crippen MR) is 106 cm³/mol. The molecule has 7 nitrogen and oxygen atoms in total. The number of aromatic nitrogens is 4. The van der Waals surface area contributed by atoms with Gasteiger partial charge in [0, 0.05) is 24.4 Å². The summed E-state index contributed by atoms with van der Waals surface area (Å²) in [6.45, 7) is 6.64. The fraction of sp³-hybridized carbons (Fsp3) is 0.350. The minimum Gasteiger partial charge on any atom is -0.331 e. The Hall–Kier alpha value is -3.09. The Morgan fingerprint density at radius 3 is 2.70 bits per heavy atom. The molecule has 0 radical (unpaired) electrons. The number of nitrogens with zero attached hydrogens (tertiary/aromatic N) is 4. The zero-order chi connectivity index (χ0) is 19.4. The number of carbonyl (C=O) groups is 1. The van der Waals surface area contributed by atoms with Crippen LogP contribution in [0.25, 0.3) is 0 Å². The molecule has 3 rings (SSSR count). The van der Waals surface area contributed by atoms with Gasteiger partial charge in [-0.25, -0.2) is 9.48 Å². The summed E-state index contributed by atoms with van der Waals surface area (Å²) in [5.41, 5.74) is 4.25. The summed E-state index contributed by atoms with van der Waals surface area (Å²) < 4.78 is 3.55. The number of benzene rings is 1. The third kappa shape index (κ3) is 4.55. The molecule has 0 aliphatic rings. The molecular weight excluding hydrogens is 340 g/mol. The molecule has 2 N–H and O–H groups in total. The van der Waals surface area contributed by atoms with Crippen LogP contribution in [-0.4, -0.2) is 25.6 Å². The third-order valence-electron chi connectivity index (χ3n) is 4.51. The highest BCUT2D eigenvalue weighted by molar-refractivity contribution is 5.89. The Bertz CT molecular complexity index is 926. The van der Waals surface area contributed by atoms with E-state index in [1.54, 1.807) is 17.1 Å². The van der Waals surface area contributed by atoms with Gasteiger partial charge in [0.25, 0.3) is 0 Å². The molecule has 0 saturated heterocycles. The molecule has 1 atom stereocenters. The van der Waals surface area contributed by atoms with E-state index in [0.717, 1.165) is 23.1 Å². The molecule has 0 aliphatic carbocycles. The fourth-order valence-corrected chi connectivity index (χ4v) is 3.09. The number of rotatable bonds is 6. The second kappa shape index (κ2) is 8.07. The van der Waals surface area contributed by atoms with Crippen LogP contribution in [0.2, 0.25) is 0 Å². The van der Waals surface area contributed by atoms with E-state index in [0.29, 0.717) is 12.4 Å². The molecule has 0 spiro atoms. The largest absolute Gasteiger partial charge is 0.331 e. The number of urea groups is 1. The van der Waals surface area contributed by atoms with Gasteiger partial charge in [-0.3, -0.25) is 10.00 Å². The second-order valence-electron chi connectivity index (χ2n) is 6.83. The van der Waals surface area contributed by atoms with Gasteiger partial charge in [-0.05, 0) is 25.8 Å². The van der Waals surface area contributed by atoms with Gasteiger partial charge in [-0.1, -0.05) is 36.8 Å². The number of aryl methyl sites for hydroxylation is 3. The van der Waals surface area contributed by atoms with Crippen molar-refractivity contribution in [1.29, 1.82) is 0 Å². The monoisotopic (exact) mass is 366 g/mol. The van der Waals surface area contributed by atoms with E-state index >= 15 is 0 Å². The van der Waals surface area contributed by atoms with Crippen LogP contribution < -0.4 is 10.6 Å². The van der Waals surface area contributed by atoms with E-state index in [1.807, 2.05) is 37.8 Å². The molecule has 2 amide bonds. The number of anilines is 1. The normalized spacial score (nSPS) is 12.0. The molecule has 2 aromatic heterocycles. The molecule has 7 heteroatoms. The molecule has 0 bridgehead atoms. The Morgan fingerprint density at radius 1 is 1.22 bits per heavy atom. The molecule has 27 heavy (non-hydrogen) atoms. The first kappa shape index (κ1) is 18.7. The maximum absolute atomic E-state index is 12.6. The Kier molecular flexibility index (Phi) is 5.59. The Labute approximate surface area is 159 Å². The van der Waals surface area contributed by atoms with Crippen LogP contribution in [0.4, 0.5) is 10.6 Å². The minimum absolute atomic E-state index is 0.0906. The van der Waals surface area contributed by atoms with Gasteiger partial charge in [-0.15, -0.1) is 0 Å². The van der Waals surface area contributed by atoms with Crippen molar-refractivity contribution in [3.63, 3.8) is 0 Å². The Balaban J connectivity index is 1.71. The average molecular weight is 366 g/mol. The van der Waals surface area contributed by atoms with E-state index in [1.165, 1.54) is 5.56 Å². The summed E-state index contributed by atoms with van der Waals surface area (Å²) in [4.78, 5) is 12.6.